The Kier molecular flexibility index (Phi) is 2.86. The van der Waals surface area contributed by atoms with Gasteiger partial charge in [-0.15, -0.1) is 0 Å². The van der Waals surface area contributed by atoms with Crippen molar-refractivity contribution < 1.29 is 9.53 Å². The van der Waals surface area contributed by atoms with Gasteiger partial charge >= 0.3 is 0 Å². The number of amides is 1. The third-order valence-corrected chi connectivity index (χ3v) is 3.49. The number of likely N-dealkylation sites (N-methyl/N-ethyl adjacent to an activating group) is 1. The van der Waals surface area contributed by atoms with E-state index in [-0.39, 0.29) is 11.3 Å². The van der Waals surface area contributed by atoms with Crippen LogP contribution >= 0.6 is 0 Å². The van der Waals surface area contributed by atoms with Gasteiger partial charge in [-0.1, -0.05) is 24.6 Å². The molecule has 2 rings (SSSR count). The van der Waals surface area contributed by atoms with Crippen LogP contribution < -0.4 is 10.1 Å². The Labute approximate surface area is 95.8 Å². The number of rotatable bonds is 3. The summed E-state index contributed by atoms with van der Waals surface area (Å²) in [6.45, 7) is 0. The fourth-order valence-electron chi connectivity index (χ4n) is 2.43. The predicted molar refractivity (Wildman–Crippen MR) is 62.6 cm³/mol. The average molecular weight is 219 g/mol. The molecule has 1 aliphatic rings. The summed E-state index contributed by atoms with van der Waals surface area (Å²) in [4.78, 5) is 12.0. The smallest absolute Gasteiger partial charge is 0.230 e. The molecule has 0 saturated heterocycles. The topological polar surface area (TPSA) is 38.3 Å². The number of ether oxygens (including phenoxy) is 1. The molecular weight excluding hydrogens is 202 g/mol. The van der Waals surface area contributed by atoms with Crippen molar-refractivity contribution in [2.24, 2.45) is 0 Å². The zero-order valence-corrected chi connectivity index (χ0v) is 9.75. The fraction of sp³-hybridized carbons (Fsp3) is 0.462. The van der Waals surface area contributed by atoms with Gasteiger partial charge in [-0.3, -0.25) is 4.79 Å². The van der Waals surface area contributed by atoms with E-state index in [1.807, 2.05) is 24.3 Å². The van der Waals surface area contributed by atoms with Gasteiger partial charge in [0.25, 0.3) is 0 Å². The zero-order chi connectivity index (χ0) is 11.6. The lowest BCUT2D eigenvalue weighted by Gasteiger charge is -2.40. The second kappa shape index (κ2) is 4.16. The Balaban J connectivity index is 2.44. The van der Waals surface area contributed by atoms with Crippen LogP contribution in [0.5, 0.6) is 5.75 Å². The summed E-state index contributed by atoms with van der Waals surface area (Å²) < 4.78 is 5.34. The molecule has 0 heterocycles. The number of methoxy groups -OCH3 is 1. The predicted octanol–water partition coefficient (Wildman–Crippen LogP) is 1.86. The van der Waals surface area contributed by atoms with Crippen LogP contribution in [0.15, 0.2) is 24.3 Å². The Bertz CT molecular complexity index is 397. The second-order valence-electron chi connectivity index (χ2n) is 4.22. The van der Waals surface area contributed by atoms with E-state index in [1.54, 1.807) is 14.2 Å². The van der Waals surface area contributed by atoms with Crippen LogP contribution in [0.3, 0.4) is 0 Å². The molecule has 0 aliphatic heterocycles. The highest BCUT2D eigenvalue weighted by molar-refractivity contribution is 5.89. The molecule has 0 aromatic heterocycles. The molecule has 1 aliphatic carbocycles. The van der Waals surface area contributed by atoms with Crippen molar-refractivity contribution in [1.29, 1.82) is 0 Å². The summed E-state index contributed by atoms with van der Waals surface area (Å²) in [5, 5.41) is 2.76. The van der Waals surface area contributed by atoms with Crippen molar-refractivity contribution in [2.75, 3.05) is 14.2 Å². The first-order valence-electron chi connectivity index (χ1n) is 5.60. The molecule has 3 nitrogen and oxygen atoms in total. The fourth-order valence-corrected chi connectivity index (χ4v) is 2.43. The van der Waals surface area contributed by atoms with Gasteiger partial charge in [0.2, 0.25) is 5.91 Å². The van der Waals surface area contributed by atoms with Gasteiger partial charge in [-0.05, 0) is 18.9 Å². The summed E-state index contributed by atoms with van der Waals surface area (Å²) in [5.74, 6) is 0.911. The lowest BCUT2D eigenvalue weighted by Crippen LogP contribution is -2.48. The first-order chi connectivity index (χ1) is 7.74. The van der Waals surface area contributed by atoms with E-state index >= 15 is 0 Å². The van der Waals surface area contributed by atoms with E-state index in [2.05, 4.69) is 5.32 Å². The van der Waals surface area contributed by atoms with Gasteiger partial charge in [-0.2, -0.15) is 0 Å². The van der Waals surface area contributed by atoms with E-state index in [0.29, 0.717) is 0 Å². The molecule has 0 spiro atoms. The molecule has 0 unspecified atom stereocenters. The first-order valence-corrected chi connectivity index (χ1v) is 5.60. The molecular formula is C13H17NO2. The maximum Gasteiger partial charge on any atom is 0.230 e. The van der Waals surface area contributed by atoms with Crippen molar-refractivity contribution in [2.45, 2.75) is 24.7 Å². The molecule has 1 N–H and O–H groups in total. The maximum atomic E-state index is 12.0. The number of para-hydroxylation sites is 1. The van der Waals surface area contributed by atoms with Crippen molar-refractivity contribution in [1.82, 2.24) is 5.32 Å². The monoisotopic (exact) mass is 219 g/mol. The lowest BCUT2D eigenvalue weighted by molar-refractivity contribution is -0.129. The number of hydrogen-bond donors (Lipinski definition) is 1. The van der Waals surface area contributed by atoms with Crippen molar-refractivity contribution in [3.8, 4) is 5.75 Å². The molecule has 1 aromatic carbocycles. The molecule has 1 amide bonds. The van der Waals surface area contributed by atoms with Gasteiger partial charge in [0.15, 0.2) is 0 Å². The highest BCUT2D eigenvalue weighted by Crippen LogP contribution is 2.47. The molecule has 1 fully saturated rings. The summed E-state index contributed by atoms with van der Waals surface area (Å²) in [6.07, 6.45) is 2.92. The number of carbonyl (C=O) groups excluding carboxylic acids is 1. The first kappa shape index (κ1) is 11.0. The number of hydrogen-bond acceptors (Lipinski definition) is 2. The third kappa shape index (κ3) is 1.47. The van der Waals surface area contributed by atoms with Gasteiger partial charge in [0, 0.05) is 12.6 Å². The van der Waals surface area contributed by atoms with Gasteiger partial charge in [0.05, 0.1) is 12.5 Å². The Morgan fingerprint density at radius 1 is 1.38 bits per heavy atom. The molecule has 0 bridgehead atoms. The molecule has 1 aromatic rings. The minimum absolute atomic E-state index is 0.100. The van der Waals surface area contributed by atoms with Crippen LogP contribution in [0.4, 0.5) is 0 Å². The van der Waals surface area contributed by atoms with E-state index < -0.39 is 0 Å². The summed E-state index contributed by atoms with van der Waals surface area (Å²) in [7, 11) is 3.34. The van der Waals surface area contributed by atoms with Gasteiger partial charge in [-0.25, -0.2) is 0 Å². The molecule has 86 valence electrons. The van der Waals surface area contributed by atoms with Gasteiger partial charge in [0.1, 0.15) is 5.75 Å². The van der Waals surface area contributed by atoms with Crippen LogP contribution in [-0.4, -0.2) is 20.1 Å². The minimum Gasteiger partial charge on any atom is -0.496 e. The van der Waals surface area contributed by atoms with Crippen molar-refractivity contribution in [3.05, 3.63) is 29.8 Å². The van der Waals surface area contributed by atoms with Crippen LogP contribution in [0.2, 0.25) is 0 Å². The largest absolute Gasteiger partial charge is 0.496 e. The highest BCUT2D eigenvalue weighted by atomic mass is 16.5. The Morgan fingerprint density at radius 2 is 2.06 bits per heavy atom. The Morgan fingerprint density at radius 3 is 2.56 bits per heavy atom. The number of carbonyl (C=O) groups is 1. The number of benzene rings is 1. The summed E-state index contributed by atoms with van der Waals surface area (Å²) >= 11 is 0. The normalized spacial score (nSPS) is 17.4. The third-order valence-electron chi connectivity index (χ3n) is 3.49. The summed E-state index contributed by atoms with van der Waals surface area (Å²) in [6, 6.07) is 7.80. The SMILES string of the molecule is CNC(=O)C1(c2ccccc2OC)CCC1. The van der Waals surface area contributed by atoms with E-state index in [0.717, 1.165) is 30.6 Å². The zero-order valence-electron chi connectivity index (χ0n) is 9.75. The molecule has 0 atom stereocenters. The minimum atomic E-state index is -0.360. The summed E-state index contributed by atoms with van der Waals surface area (Å²) in [5.41, 5.74) is 0.657. The highest BCUT2D eigenvalue weighted by Gasteiger charge is 2.46. The maximum absolute atomic E-state index is 12.0. The molecule has 3 heteroatoms. The van der Waals surface area contributed by atoms with Gasteiger partial charge < -0.3 is 10.1 Å². The van der Waals surface area contributed by atoms with Crippen LogP contribution in [0, 0.1) is 0 Å². The van der Waals surface area contributed by atoms with Crippen molar-refractivity contribution >= 4 is 5.91 Å². The van der Waals surface area contributed by atoms with E-state index in [1.165, 1.54) is 0 Å². The van der Waals surface area contributed by atoms with Crippen LogP contribution in [0.1, 0.15) is 24.8 Å². The lowest BCUT2D eigenvalue weighted by atomic mass is 9.63. The van der Waals surface area contributed by atoms with Crippen molar-refractivity contribution in [3.63, 3.8) is 0 Å². The second-order valence-corrected chi connectivity index (χ2v) is 4.22. The average Bonchev–Trinajstić information content (AvgIpc) is 2.28. The molecule has 16 heavy (non-hydrogen) atoms. The standard InChI is InChI=1S/C13H17NO2/c1-14-12(15)13(8-5-9-13)10-6-3-4-7-11(10)16-2/h3-4,6-7H,5,8-9H2,1-2H3,(H,14,15). The number of nitrogens with one attached hydrogen (secondary N) is 1. The van der Waals surface area contributed by atoms with Crippen LogP contribution in [0.25, 0.3) is 0 Å². The molecule has 0 radical (unpaired) electrons. The quantitative estimate of drug-likeness (QED) is 0.842. The van der Waals surface area contributed by atoms with E-state index in [4.69, 9.17) is 4.74 Å². The Hall–Kier alpha value is -1.51. The van der Waals surface area contributed by atoms with E-state index in [9.17, 15) is 4.79 Å². The van der Waals surface area contributed by atoms with Crippen LogP contribution in [-0.2, 0) is 10.2 Å². The molecule has 1 saturated carbocycles.